The maximum Gasteiger partial charge on any atom is 0.142 e. The predicted molar refractivity (Wildman–Crippen MR) is 230 cm³/mol. The second kappa shape index (κ2) is 24.0. The summed E-state index contributed by atoms with van der Waals surface area (Å²) in [6.07, 6.45) is 27.3. The van der Waals surface area contributed by atoms with Crippen molar-refractivity contribution in [2.75, 3.05) is 26.6 Å². The third-order valence-electron chi connectivity index (χ3n) is 12.4. The van der Waals surface area contributed by atoms with Gasteiger partial charge in [-0.3, -0.25) is 9.80 Å². The molecule has 0 radical (unpaired) electrons. The number of hydrogen-bond donors (Lipinski definition) is 0. The molecule has 0 fully saturated rings. The standard InChI is InChI=1S/C50H76N2O2/c1-5-7-9-11-13-15-17-19-21-29-35-51-37-45-47(41(3)43-31-25-23-26-32-43)50-46(48(49(45)53-39-51)42(4)44-33-27-24-28-34-44)38-52(40-54-50)36-30-22-20-18-16-14-12-10-8-6-2/h23-28,31-34,41-42H,5-22,29-30,35-40H2,1-4H3. The van der Waals surface area contributed by atoms with Crippen molar-refractivity contribution < 1.29 is 9.47 Å². The van der Waals surface area contributed by atoms with Gasteiger partial charge in [0, 0.05) is 60.3 Å². The second-order valence-electron chi connectivity index (χ2n) is 16.7. The van der Waals surface area contributed by atoms with Crippen LogP contribution in [0.25, 0.3) is 0 Å². The van der Waals surface area contributed by atoms with Crippen LogP contribution in [-0.4, -0.2) is 36.4 Å². The summed E-state index contributed by atoms with van der Waals surface area (Å²) in [5.41, 5.74) is 8.08. The SMILES string of the molecule is CCCCCCCCCCCCN1COc2c(c(C(C)c3ccccc3)c3c(c2C(C)c2ccccc2)CN(CCCCCCCCCCCC)CO3)C1. The fourth-order valence-electron chi connectivity index (χ4n) is 9.00. The fraction of sp³-hybridized carbons (Fsp3) is 0.640. The zero-order chi connectivity index (χ0) is 37.8. The molecule has 0 saturated carbocycles. The molecule has 54 heavy (non-hydrogen) atoms. The van der Waals surface area contributed by atoms with E-state index in [2.05, 4.69) is 98.2 Å². The molecule has 0 N–H and O–H groups in total. The molecule has 0 spiro atoms. The molecule has 2 atom stereocenters. The lowest BCUT2D eigenvalue weighted by Gasteiger charge is -2.40. The van der Waals surface area contributed by atoms with Gasteiger partial charge in [-0.2, -0.15) is 0 Å². The highest BCUT2D eigenvalue weighted by atomic mass is 16.5. The number of benzene rings is 3. The van der Waals surface area contributed by atoms with E-state index in [1.165, 1.54) is 162 Å². The summed E-state index contributed by atoms with van der Waals surface area (Å²) in [4.78, 5) is 5.11. The first kappa shape index (κ1) is 42.3. The van der Waals surface area contributed by atoms with Gasteiger partial charge in [0.05, 0.1) is 0 Å². The summed E-state index contributed by atoms with van der Waals surface area (Å²) in [5, 5.41) is 0. The average molecular weight is 737 g/mol. The normalized spacial score (nSPS) is 15.6. The van der Waals surface area contributed by atoms with Crippen molar-refractivity contribution in [2.24, 2.45) is 0 Å². The largest absolute Gasteiger partial charge is 0.477 e. The molecule has 3 aromatic rings. The lowest BCUT2D eigenvalue weighted by molar-refractivity contribution is 0.0796. The molecule has 0 aliphatic carbocycles. The molecule has 0 bridgehead atoms. The number of hydrogen-bond acceptors (Lipinski definition) is 4. The van der Waals surface area contributed by atoms with E-state index in [1.807, 2.05) is 0 Å². The van der Waals surface area contributed by atoms with Gasteiger partial charge in [0.1, 0.15) is 25.0 Å². The summed E-state index contributed by atoms with van der Waals surface area (Å²) >= 11 is 0. The fourth-order valence-corrected chi connectivity index (χ4v) is 9.00. The van der Waals surface area contributed by atoms with Gasteiger partial charge in [-0.15, -0.1) is 0 Å². The minimum atomic E-state index is 0.212. The van der Waals surface area contributed by atoms with E-state index in [1.54, 1.807) is 0 Å². The van der Waals surface area contributed by atoms with E-state index in [4.69, 9.17) is 9.47 Å². The summed E-state index contributed by atoms with van der Waals surface area (Å²) < 4.78 is 14.0. The topological polar surface area (TPSA) is 24.9 Å². The highest BCUT2D eigenvalue weighted by Crippen LogP contribution is 2.51. The average Bonchev–Trinajstić information content (AvgIpc) is 3.21. The van der Waals surface area contributed by atoms with Crippen molar-refractivity contribution in [3.05, 3.63) is 94.0 Å². The molecule has 2 heterocycles. The molecule has 0 aromatic heterocycles. The zero-order valence-electron chi connectivity index (χ0n) is 35.0. The smallest absolute Gasteiger partial charge is 0.142 e. The van der Waals surface area contributed by atoms with Gasteiger partial charge in [-0.25, -0.2) is 0 Å². The Morgan fingerprint density at radius 1 is 0.444 bits per heavy atom. The van der Waals surface area contributed by atoms with Crippen LogP contribution in [-0.2, 0) is 13.1 Å². The van der Waals surface area contributed by atoms with E-state index >= 15 is 0 Å². The Bertz CT molecular complexity index is 1350. The minimum Gasteiger partial charge on any atom is -0.477 e. The molecule has 4 heteroatoms. The van der Waals surface area contributed by atoms with Crippen molar-refractivity contribution in [3.8, 4) is 11.5 Å². The van der Waals surface area contributed by atoms with E-state index in [0.717, 1.165) is 37.7 Å². The molecular weight excluding hydrogens is 661 g/mol. The maximum atomic E-state index is 7.00. The van der Waals surface area contributed by atoms with Gasteiger partial charge >= 0.3 is 0 Å². The molecule has 2 aliphatic heterocycles. The number of fused-ring (bicyclic) bond motifs is 2. The number of unbranched alkanes of at least 4 members (excludes halogenated alkanes) is 18. The van der Waals surface area contributed by atoms with Crippen molar-refractivity contribution in [1.29, 1.82) is 0 Å². The van der Waals surface area contributed by atoms with Gasteiger partial charge in [0.25, 0.3) is 0 Å². The lowest BCUT2D eigenvalue weighted by atomic mass is 9.79. The van der Waals surface area contributed by atoms with Crippen LogP contribution in [0, 0.1) is 0 Å². The molecular formula is C50H76N2O2. The number of rotatable bonds is 26. The quantitative estimate of drug-likeness (QED) is 0.0766. The Kier molecular flexibility index (Phi) is 18.8. The van der Waals surface area contributed by atoms with E-state index in [-0.39, 0.29) is 11.8 Å². The zero-order valence-corrected chi connectivity index (χ0v) is 35.0. The van der Waals surface area contributed by atoms with Crippen molar-refractivity contribution >= 4 is 0 Å². The molecule has 298 valence electrons. The van der Waals surface area contributed by atoms with Gasteiger partial charge in [0.2, 0.25) is 0 Å². The van der Waals surface area contributed by atoms with E-state index in [9.17, 15) is 0 Å². The Balaban J connectivity index is 1.32. The van der Waals surface area contributed by atoms with Crippen LogP contribution in [0.4, 0.5) is 0 Å². The Morgan fingerprint density at radius 3 is 1.09 bits per heavy atom. The van der Waals surface area contributed by atoms with Crippen LogP contribution in [0.15, 0.2) is 60.7 Å². The third-order valence-corrected chi connectivity index (χ3v) is 12.4. The summed E-state index contributed by atoms with van der Waals surface area (Å²) in [6.45, 7) is 14.7. The summed E-state index contributed by atoms with van der Waals surface area (Å²) in [7, 11) is 0. The van der Waals surface area contributed by atoms with Gasteiger partial charge in [-0.05, 0) is 24.0 Å². The molecule has 0 saturated heterocycles. The molecule has 2 aliphatic rings. The number of ether oxygens (including phenoxy) is 2. The van der Waals surface area contributed by atoms with Gasteiger partial charge < -0.3 is 9.47 Å². The first-order valence-electron chi connectivity index (χ1n) is 22.6. The van der Waals surface area contributed by atoms with Crippen molar-refractivity contribution in [3.63, 3.8) is 0 Å². The van der Waals surface area contributed by atoms with Crippen molar-refractivity contribution in [1.82, 2.24) is 9.80 Å². The molecule has 0 amide bonds. The highest BCUT2D eigenvalue weighted by Gasteiger charge is 2.36. The lowest BCUT2D eigenvalue weighted by Crippen LogP contribution is -2.38. The first-order chi connectivity index (χ1) is 26.6. The molecule has 4 nitrogen and oxygen atoms in total. The van der Waals surface area contributed by atoms with Crippen LogP contribution >= 0.6 is 0 Å². The van der Waals surface area contributed by atoms with Gasteiger partial charge in [0.15, 0.2) is 0 Å². The van der Waals surface area contributed by atoms with E-state index in [0.29, 0.717) is 13.5 Å². The van der Waals surface area contributed by atoms with Crippen LogP contribution < -0.4 is 9.47 Å². The summed E-state index contributed by atoms with van der Waals surface area (Å²) in [5.74, 6) is 2.69. The van der Waals surface area contributed by atoms with Gasteiger partial charge in [-0.1, -0.05) is 204 Å². The highest BCUT2D eigenvalue weighted by molar-refractivity contribution is 5.65. The molecule has 3 aromatic carbocycles. The Labute approximate surface area is 331 Å². The number of nitrogens with zero attached hydrogens (tertiary/aromatic N) is 2. The third kappa shape index (κ3) is 12.6. The Morgan fingerprint density at radius 2 is 0.759 bits per heavy atom. The Hall–Kier alpha value is -2.82. The first-order valence-corrected chi connectivity index (χ1v) is 22.6. The summed E-state index contributed by atoms with van der Waals surface area (Å²) in [6, 6.07) is 22.1. The van der Waals surface area contributed by atoms with Crippen LogP contribution in [0.1, 0.15) is 201 Å². The predicted octanol–water partition coefficient (Wildman–Crippen LogP) is 14.1. The monoisotopic (exact) mass is 737 g/mol. The minimum absolute atomic E-state index is 0.212. The van der Waals surface area contributed by atoms with Crippen LogP contribution in [0.3, 0.4) is 0 Å². The van der Waals surface area contributed by atoms with Crippen LogP contribution in [0.2, 0.25) is 0 Å². The molecule has 2 unspecified atom stereocenters. The molecule has 5 rings (SSSR count). The van der Waals surface area contributed by atoms with E-state index < -0.39 is 0 Å². The second-order valence-corrected chi connectivity index (χ2v) is 16.7. The van der Waals surface area contributed by atoms with Crippen molar-refractivity contribution in [2.45, 2.75) is 181 Å². The maximum absolute atomic E-state index is 7.00. The van der Waals surface area contributed by atoms with Crippen LogP contribution in [0.5, 0.6) is 11.5 Å².